The molecule has 0 aliphatic carbocycles. The first kappa shape index (κ1) is 9.32. The molecule has 1 amide bonds. The Bertz CT molecular complexity index is 162. The van der Waals surface area contributed by atoms with E-state index in [4.69, 9.17) is 10.8 Å². The third kappa shape index (κ3) is 2.11. The minimum atomic E-state index is -0.807. The van der Waals surface area contributed by atoms with Gasteiger partial charge in [-0.15, -0.1) is 0 Å². The van der Waals surface area contributed by atoms with E-state index < -0.39 is 6.09 Å². The number of likely N-dealkylation sites (tertiary alicyclic amines) is 1. The smallest absolute Gasteiger partial charge is 0.407 e. The van der Waals surface area contributed by atoms with Crippen LogP contribution in [0.2, 0.25) is 0 Å². The van der Waals surface area contributed by atoms with Gasteiger partial charge in [-0.1, -0.05) is 0 Å². The largest absolute Gasteiger partial charge is 0.465 e. The van der Waals surface area contributed by atoms with Crippen LogP contribution in [0.5, 0.6) is 0 Å². The van der Waals surface area contributed by atoms with E-state index in [1.807, 2.05) is 6.92 Å². The molecule has 4 heteroatoms. The lowest BCUT2D eigenvalue weighted by Gasteiger charge is -2.31. The number of amides is 1. The predicted octanol–water partition coefficient (Wildman–Crippen LogP) is 0.724. The van der Waals surface area contributed by atoms with Crippen molar-refractivity contribution in [2.75, 3.05) is 13.1 Å². The molecule has 0 unspecified atom stereocenters. The number of carboxylic acid groups (broad SMARTS) is 1. The molecular formula is C8H16N2O2. The van der Waals surface area contributed by atoms with E-state index in [1.165, 1.54) is 4.90 Å². The lowest BCUT2D eigenvalue weighted by molar-refractivity contribution is 0.121. The Morgan fingerprint density at radius 2 is 2.08 bits per heavy atom. The van der Waals surface area contributed by atoms with Crippen LogP contribution in [0.3, 0.4) is 0 Å². The maximum Gasteiger partial charge on any atom is 0.407 e. The Morgan fingerprint density at radius 1 is 1.58 bits per heavy atom. The summed E-state index contributed by atoms with van der Waals surface area (Å²) in [6.07, 6.45) is 1.01. The number of carbonyl (C=O) groups is 1. The summed E-state index contributed by atoms with van der Waals surface area (Å²) in [6, 6.07) is 0.195. The van der Waals surface area contributed by atoms with Crippen LogP contribution in [0.25, 0.3) is 0 Å². The summed E-state index contributed by atoms with van der Waals surface area (Å²) in [5.41, 5.74) is 5.72. The van der Waals surface area contributed by atoms with Gasteiger partial charge in [-0.2, -0.15) is 0 Å². The fourth-order valence-electron chi connectivity index (χ4n) is 1.62. The number of nitrogens with zero attached hydrogens (tertiary/aromatic N) is 1. The lowest BCUT2D eigenvalue weighted by atomic mass is 9.91. The summed E-state index contributed by atoms with van der Waals surface area (Å²) in [4.78, 5) is 12.0. The van der Waals surface area contributed by atoms with Crippen molar-refractivity contribution in [3.05, 3.63) is 0 Å². The summed E-state index contributed by atoms with van der Waals surface area (Å²) in [7, 11) is 0. The molecule has 0 radical (unpaired) electrons. The summed E-state index contributed by atoms with van der Waals surface area (Å²) in [6.45, 7) is 3.27. The van der Waals surface area contributed by atoms with Gasteiger partial charge in [0.15, 0.2) is 0 Å². The van der Waals surface area contributed by atoms with Crippen molar-refractivity contribution in [3.8, 4) is 0 Å². The van der Waals surface area contributed by atoms with E-state index in [0.29, 0.717) is 19.0 Å². The zero-order valence-electron chi connectivity index (χ0n) is 7.36. The van der Waals surface area contributed by atoms with E-state index in [-0.39, 0.29) is 6.04 Å². The van der Waals surface area contributed by atoms with Crippen LogP contribution in [-0.2, 0) is 0 Å². The van der Waals surface area contributed by atoms with Crippen molar-refractivity contribution in [1.82, 2.24) is 4.90 Å². The second-order valence-corrected chi connectivity index (χ2v) is 3.47. The molecule has 70 valence electrons. The van der Waals surface area contributed by atoms with Gasteiger partial charge in [-0.3, -0.25) is 0 Å². The van der Waals surface area contributed by atoms with Crippen molar-refractivity contribution in [1.29, 1.82) is 0 Å². The Kier molecular flexibility index (Phi) is 2.92. The first-order valence-corrected chi connectivity index (χ1v) is 4.34. The van der Waals surface area contributed by atoms with Crippen LogP contribution < -0.4 is 5.73 Å². The highest BCUT2D eigenvalue weighted by molar-refractivity contribution is 5.64. The molecule has 4 nitrogen and oxygen atoms in total. The van der Waals surface area contributed by atoms with Crippen LogP contribution in [0.15, 0.2) is 0 Å². The standard InChI is InChI=1S/C8H16N2O2/c1-6(9)7-2-4-10(5-3-7)8(11)12/h6-7H,2-5,9H2,1H3,(H,11,12)/t6-/m0/s1. The predicted molar refractivity (Wildman–Crippen MR) is 46.0 cm³/mol. The van der Waals surface area contributed by atoms with Gasteiger partial charge in [-0.05, 0) is 25.7 Å². The van der Waals surface area contributed by atoms with Crippen molar-refractivity contribution in [3.63, 3.8) is 0 Å². The molecular weight excluding hydrogens is 156 g/mol. The minimum Gasteiger partial charge on any atom is -0.465 e. The zero-order chi connectivity index (χ0) is 9.14. The van der Waals surface area contributed by atoms with Crippen LogP contribution >= 0.6 is 0 Å². The van der Waals surface area contributed by atoms with Gasteiger partial charge in [0.1, 0.15) is 0 Å². The molecule has 0 aromatic heterocycles. The van der Waals surface area contributed by atoms with Crippen molar-refractivity contribution < 1.29 is 9.90 Å². The molecule has 1 atom stereocenters. The van der Waals surface area contributed by atoms with Gasteiger partial charge in [0, 0.05) is 19.1 Å². The Balaban J connectivity index is 2.34. The molecule has 0 saturated carbocycles. The third-order valence-corrected chi connectivity index (χ3v) is 2.55. The van der Waals surface area contributed by atoms with E-state index in [2.05, 4.69) is 0 Å². The summed E-state index contributed by atoms with van der Waals surface area (Å²) >= 11 is 0. The molecule has 1 aliphatic rings. The molecule has 3 N–H and O–H groups in total. The van der Waals surface area contributed by atoms with Crippen LogP contribution in [0.4, 0.5) is 4.79 Å². The highest BCUT2D eigenvalue weighted by atomic mass is 16.4. The first-order valence-electron chi connectivity index (χ1n) is 4.34. The normalized spacial score (nSPS) is 22.3. The molecule has 0 aromatic rings. The minimum absolute atomic E-state index is 0.195. The summed E-state index contributed by atoms with van der Waals surface area (Å²) in [5.74, 6) is 0.501. The third-order valence-electron chi connectivity index (χ3n) is 2.55. The number of rotatable bonds is 1. The van der Waals surface area contributed by atoms with Crippen LogP contribution in [0, 0.1) is 5.92 Å². The fourth-order valence-corrected chi connectivity index (χ4v) is 1.62. The molecule has 1 fully saturated rings. The molecule has 12 heavy (non-hydrogen) atoms. The van der Waals surface area contributed by atoms with E-state index >= 15 is 0 Å². The maximum atomic E-state index is 10.5. The molecule has 1 saturated heterocycles. The average Bonchev–Trinajstić information content (AvgIpc) is 2.04. The first-order chi connectivity index (χ1) is 5.61. The monoisotopic (exact) mass is 172 g/mol. The van der Waals surface area contributed by atoms with Crippen LogP contribution in [-0.4, -0.2) is 35.2 Å². The molecule has 1 aliphatic heterocycles. The van der Waals surface area contributed by atoms with Gasteiger partial charge in [0.25, 0.3) is 0 Å². The molecule has 1 heterocycles. The number of piperidine rings is 1. The van der Waals surface area contributed by atoms with E-state index in [9.17, 15) is 4.79 Å². The van der Waals surface area contributed by atoms with Gasteiger partial charge >= 0.3 is 6.09 Å². The number of nitrogens with two attached hydrogens (primary N) is 1. The van der Waals surface area contributed by atoms with Gasteiger partial charge in [-0.25, -0.2) is 4.79 Å². The molecule has 0 spiro atoms. The van der Waals surface area contributed by atoms with E-state index in [1.54, 1.807) is 0 Å². The average molecular weight is 172 g/mol. The topological polar surface area (TPSA) is 66.6 Å². The van der Waals surface area contributed by atoms with Crippen molar-refractivity contribution >= 4 is 6.09 Å². The highest BCUT2D eigenvalue weighted by Gasteiger charge is 2.23. The number of hydrogen-bond acceptors (Lipinski definition) is 2. The van der Waals surface area contributed by atoms with E-state index in [0.717, 1.165) is 12.8 Å². The highest BCUT2D eigenvalue weighted by Crippen LogP contribution is 2.19. The SMILES string of the molecule is C[C@H](N)C1CCN(C(=O)O)CC1. The molecule has 0 aromatic carbocycles. The Morgan fingerprint density at radius 3 is 2.42 bits per heavy atom. The lowest BCUT2D eigenvalue weighted by Crippen LogP contribution is -2.41. The molecule has 0 bridgehead atoms. The van der Waals surface area contributed by atoms with Crippen molar-refractivity contribution in [2.45, 2.75) is 25.8 Å². The van der Waals surface area contributed by atoms with Gasteiger partial charge in [0.05, 0.1) is 0 Å². The summed E-state index contributed by atoms with van der Waals surface area (Å²) < 4.78 is 0. The Hall–Kier alpha value is -0.770. The van der Waals surface area contributed by atoms with Gasteiger partial charge < -0.3 is 15.7 Å². The second kappa shape index (κ2) is 3.76. The van der Waals surface area contributed by atoms with Crippen molar-refractivity contribution in [2.24, 2.45) is 11.7 Å². The zero-order valence-corrected chi connectivity index (χ0v) is 7.36. The fraction of sp³-hybridized carbons (Fsp3) is 0.875. The van der Waals surface area contributed by atoms with Gasteiger partial charge in [0.2, 0.25) is 0 Å². The van der Waals surface area contributed by atoms with Crippen LogP contribution in [0.1, 0.15) is 19.8 Å². The quantitative estimate of drug-likeness (QED) is 0.612. The molecule has 1 rings (SSSR count). The summed E-state index contributed by atoms with van der Waals surface area (Å²) in [5, 5.41) is 8.66. The second-order valence-electron chi connectivity index (χ2n) is 3.47. The maximum absolute atomic E-state index is 10.5. The number of hydrogen-bond donors (Lipinski definition) is 2. The Labute approximate surface area is 72.3 Å².